The Balaban J connectivity index is 1.51. The summed E-state index contributed by atoms with van der Waals surface area (Å²) in [4.78, 5) is 0. The largest absolute Gasteiger partial charge is 0.396 e. The summed E-state index contributed by atoms with van der Waals surface area (Å²) in [5, 5.41) is 5.88. The Morgan fingerprint density at radius 2 is 1.94 bits per heavy atom. The van der Waals surface area contributed by atoms with Gasteiger partial charge in [0.2, 0.25) is 0 Å². The molecule has 1 saturated heterocycles. The van der Waals surface area contributed by atoms with Gasteiger partial charge in [0, 0.05) is 46.4 Å². The SMILES string of the molecule is CC(C)Nc1ccc(-c2c(N)c3c(n2C2CC2)=CC(OCC2CCCO2)C(C)C=3)cc1. The molecule has 2 aliphatic carbocycles. The number of nitrogen functional groups attached to an aromatic ring is 1. The van der Waals surface area contributed by atoms with Crippen LogP contribution in [-0.4, -0.2) is 36.0 Å². The zero-order valence-corrected chi connectivity index (χ0v) is 18.9. The zero-order valence-electron chi connectivity index (χ0n) is 18.9. The number of nitrogens with zero attached hydrogens (tertiary/aromatic N) is 1. The second-order valence-electron chi connectivity index (χ2n) is 9.66. The average Bonchev–Trinajstić information content (AvgIpc) is 3.37. The molecule has 5 heteroatoms. The third-order valence-corrected chi connectivity index (χ3v) is 6.62. The maximum absolute atomic E-state index is 6.77. The van der Waals surface area contributed by atoms with Gasteiger partial charge in [0.25, 0.3) is 0 Å². The van der Waals surface area contributed by atoms with Crippen molar-refractivity contribution in [2.75, 3.05) is 24.3 Å². The highest BCUT2D eigenvalue weighted by atomic mass is 16.5. The van der Waals surface area contributed by atoms with Gasteiger partial charge in [0.05, 0.1) is 30.2 Å². The molecule has 0 spiro atoms. The summed E-state index contributed by atoms with van der Waals surface area (Å²) in [6, 6.07) is 9.64. The minimum atomic E-state index is 0.0639. The van der Waals surface area contributed by atoms with Crippen molar-refractivity contribution in [3.05, 3.63) is 34.8 Å². The Bertz CT molecular complexity index is 1040. The van der Waals surface area contributed by atoms with Gasteiger partial charge < -0.3 is 25.1 Å². The van der Waals surface area contributed by atoms with Crippen LogP contribution in [-0.2, 0) is 9.47 Å². The predicted octanol–water partition coefficient (Wildman–Crippen LogP) is 3.67. The van der Waals surface area contributed by atoms with E-state index in [0.717, 1.165) is 36.5 Å². The number of nitrogens with two attached hydrogens (primary N) is 1. The van der Waals surface area contributed by atoms with Gasteiger partial charge in [0.1, 0.15) is 0 Å². The van der Waals surface area contributed by atoms with Crippen molar-refractivity contribution < 1.29 is 9.47 Å². The van der Waals surface area contributed by atoms with Crippen molar-refractivity contribution in [2.45, 2.75) is 70.7 Å². The number of aromatic nitrogens is 1. The lowest BCUT2D eigenvalue weighted by Gasteiger charge is -2.23. The number of fused-ring (bicyclic) bond motifs is 1. The van der Waals surface area contributed by atoms with Gasteiger partial charge in [-0.1, -0.05) is 25.1 Å². The second kappa shape index (κ2) is 8.36. The predicted molar refractivity (Wildman–Crippen MR) is 127 cm³/mol. The van der Waals surface area contributed by atoms with E-state index in [-0.39, 0.29) is 18.1 Å². The molecule has 0 amide bonds. The first-order chi connectivity index (χ1) is 15.0. The summed E-state index contributed by atoms with van der Waals surface area (Å²) in [7, 11) is 0. The minimum Gasteiger partial charge on any atom is -0.396 e. The van der Waals surface area contributed by atoms with Crippen LogP contribution in [0.1, 0.15) is 52.5 Å². The van der Waals surface area contributed by atoms with Gasteiger partial charge in [-0.15, -0.1) is 0 Å². The lowest BCUT2D eigenvalue weighted by molar-refractivity contribution is -0.00810. The molecular formula is C26H35N3O2. The summed E-state index contributed by atoms with van der Waals surface area (Å²) in [6.45, 7) is 8.07. The molecule has 0 radical (unpaired) electrons. The molecule has 2 heterocycles. The maximum atomic E-state index is 6.77. The molecular weight excluding hydrogens is 386 g/mol. The summed E-state index contributed by atoms with van der Waals surface area (Å²) >= 11 is 0. The van der Waals surface area contributed by atoms with Crippen molar-refractivity contribution >= 4 is 23.5 Å². The van der Waals surface area contributed by atoms with E-state index in [9.17, 15) is 0 Å². The van der Waals surface area contributed by atoms with E-state index >= 15 is 0 Å². The summed E-state index contributed by atoms with van der Waals surface area (Å²) < 4.78 is 14.6. The van der Waals surface area contributed by atoms with Crippen LogP contribution >= 0.6 is 0 Å². The monoisotopic (exact) mass is 421 g/mol. The number of ether oxygens (including phenoxy) is 2. The number of benzene rings is 1. The topological polar surface area (TPSA) is 61.4 Å². The first-order valence-corrected chi connectivity index (χ1v) is 11.8. The van der Waals surface area contributed by atoms with E-state index < -0.39 is 0 Å². The molecule has 5 nitrogen and oxygen atoms in total. The molecule has 3 unspecified atom stereocenters. The van der Waals surface area contributed by atoms with Gasteiger partial charge in [-0.2, -0.15) is 0 Å². The first-order valence-electron chi connectivity index (χ1n) is 11.8. The van der Waals surface area contributed by atoms with E-state index in [0.29, 0.717) is 18.7 Å². The number of rotatable bonds is 7. The molecule has 31 heavy (non-hydrogen) atoms. The molecule has 2 aromatic rings. The lowest BCUT2D eigenvalue weighted by Crippen LogP contribution is -2.39. The smallest absolute Gasteiger partial charge is 0.0840 e. The normalized spacial score (nSPS) is 25.2. The van der Waals surface area contributed by atoms with E-state index in [1.54, 1.807) is 0 Å². The molecule has 1 aromatic carbocycles. The van der Waals surface area contributed by atoms with Crippen LogP contribution in [0.3, 0.4) is 0 Å². The van der Waals surface area contributed by atoms with Gasteiger partial charge >= 0.3 is 0 Å². The van der Waals surface area contributed by atoms with Crippen LogP contribution in [0, 0.1) is 5.92 Å². The van der Waals surface area contributed by atoms with Crippen LogP contribution in [0.25, 0.3) is 23.4 Å². The third kappa shape index (κ3) is 4.13. The number of anilines is 2. The summed E-state index contributed by atoms with van der Waals surface area (Å²) in [5.41, 5.74) is 11.1. The average molecular weight is 422 g/mol. The molecule has 3 N–H and O–H groups in total. The summed E-state index contributed by atoms with van der Waals surface area (Å²) in [5.74, 6) is 0.289. The van der Waals surface area contributed by atoms with E-state index in [2.05, 4.69) is 67.1 Å². The van der Waals surface area contributed by atoms with E-state index in [1.807, 2.05) is 0 Å². The Kier molecular flexibility index (Phi) is 5.57. The number of hydrogen-bond donors (Lipinski definition) is 2. The molecule has 1 aliphatic heterocycles. The van der Waals surface area contributed by atoms with Crippen LogP contribution < -0.4 is 21.6 Å². The molecule has 5 rings (SSSR count). The van der Waals surface area contributed by atoms with Crippen molar-refractivity contribution in [3.8, 4) is 11.3 Å². The minimum absolute atomic E-state index is 0.0639. The molecule has 3 atom stereocenters. The fourth-order valence-corrected chi connectivity index (χ4v) is 4.91. The fourth-order valence-electron chi connectivity index (χ4n) is 4.91. The Hall–Kier alpha value is -2.24. The highest BCUT2D eigenvalue weighted by Gasteiger charge is 2.31. The van der Waals surface area contributed by atoms with Gasteiger partial charge in [-0.25, -0.2) is 0 Å². The molecule has 1 aromatic heterocycles. The van der Waals surface area contributed by atoms with E-state index in [4.69, 9.17) is 15.2 Å². The quantitative estimate of drug-likeness (QED) is 0.716. The molecule has 166 valence electrons. The van der Waals surface area contributed by atoms with Crippen LogP contribution in [0.4, 0.5) is 11.4 Å². The van der Waals surface area contributed by atoms with Crippen molar-refractivity contribution in [2.24, 2.45) is 5.92 Å². The number of hydrogen-bond acceptors (Lipinski definition) is 4. The Labute approximate surface area is 184 Å². The maximum Gasteiger partial charge on any atom is 0.0840 e. The second-order valence-corrected chi connectivity index (χ2v) is 9.66. The van der Waals surface area contributed by atoms with Crippen molar-refractivity contribution in [1.29, 1.82) is 0 Å². The van der Waals surface area contributed by atoms with E-state index in [1.165, 1.54) is 29.0 Å². The third-order valence-electron chi connectivity index (χ3n) is 6.62. The Morgan fingerprint density at radius 3 is 2.58 bits per heavy atom. The lowest BCUT2D eigenvalue weighted by atomic mass is 9.98. The van der Waals surface area contributed by atoms with Crippen molar-refractivity contribution in [1.82, 2.24) is 4.57 Å². The van der Waals surface area contributed by atoms with Crippen LogP contribution in [0.2, 0.25) is 0 Å². The van der Waals surface area contributed by atoms with Gasteiger partial charge in [-0.05, 0) is 57.7 Å². The standard InChI is InChI=1S/C26H35N3O2/c1-16(2)28-19-8-6-18(7-9-19)26-25(27)22-13-17(3)24(31-15-21-5-4-12-30-21)14-23(22)29(26)20-10-11-20/h6-9,13-14,16-17,20-21,24,28H,4-5,10-12,15,27H2,1-3H3. The molecule has 2 fully saturated rings. The highest BCUT2D eigenvalue weighted by Crippen LogP contribution is 2.39. The van der Waals surface area contributed by atoms with Gasteiger partial charge in [-0.3, -0.25) is 0 Å². The molecule has 3 aliphatic rings. The van der Waals surface area contributed by atoms with Gasteiger partial charge in [0.15, 0.2) is 0 Å². The molecule has 1 saturated carbocycles. The molecule has 0 bridgehead atoms. The summed E-state index contributed by atoms with van der Waals surface area (Å²) in [6.07, 6.45) is 9.60. The van der Waals surface area contributed by atoms with Crippen LogP contribution in [0.5, 0.6) is 0 Å². The highest BCUT2D eigenvalue weighted by molar-refractivity contribution is 5.77. The number of nitrogens with one attached hydrogen (secondary N) is 1. The zero-order chi connectivity index (χ0) is 21.5. The van der Waals surface area contributed by atoms with Crippen molar-refractivity contribution in [3.63, 3.8) is 0 Å². The Morgan fingerprint density at radius 1 is 1.16 bits per heavy atom. The fraction of sp³-hybridized carbons (Fsp3) is 0.538. The van der Waals surface area contributed by atoms with Crippen LogP contribution in [0.15, 0.2) is 24.3 Å². The first kappa shape index (κ1) is 20.7.